The van der Waals surface area contributed by atoms with Gasteiger partial charge in [0.2, 0.25) is 0 Å². The lowest BCUT2D eigenvalue weighted by molar-refractivity contribution is -0.134. The molecule has 1 aliphatic heterocycles. The number of urea groups is 1. The highest BCUT2D eigenvalue weighted by Gasteiger charge is 2.37. The van der Waals surface area contributed by atoms with Crippen molar-refractivity contribution in [3.05, 3.63) is 41.0 Å². The Hall–Kier alpha value is -2.43. The van der Waals surface area contributed by atoms with Gasteiger partial charge >= 0.3 is 6.03 Å². The second kappa shape index (κ2) is 6.56. The maximum atomic E-state index is 12.2. The Morgan fingerprint density at radius 1 is 1.00 bits per heavy atom. The van der Waals surface area contributed by atoms with Gasteiger partial charge in [-0.05, 0) is 30.0 Å². The van der Waals surface area contributed by atoms with E-state index in [1.807, 2.05) is 24.3 Å². The van der Waals surface area contributed by atoms with Crippen molar-refractivity contribution >= 4 is 23.9 Å². The van der Waals surface area contributed by atoms with Crippen LogP contribution in [0.5, 0.6) is 0 Å². The molecule has 0 radical (unpaired) electrons. The highest BCUT2D eigenvalue weighted by Crippen LogP contribution is 2.20. The van der Waals surface area contributed by atoms with Crippen LogP contribution in [0, 0.1) is 0 Å². The van der Waals surface area contributed by atoms with E-state index in [-0.39, 0.29) is 5.57 Å². The van der Waals surface area contributed by atoms with Crippen LogP contribution in [-0.4, -0.2) is 41.7 Å². The van der Waals surface area contributed by atoms with Gasteiger partial charge in [-0.1, -0.05) is 37.6 Å². The fraction of sp³-hybridized carbons (Fsp3) is 0.353. The highest BCUT2D eigenvalue weighted by atomic mass is 16.2. The molecule has 1 fully saturated rings. The molecule has 116 valence electrons. The van der Waals surface area contributed by atoms with Crippen LogP contribution in [-0.2, 0) is 16.0 Å². The van der Waals surface area contributed by atoms with Gasteiger partial charge < -0.3 is 0 Å². The Kier molecular flexibility index (Phi) is 4.75. The van der Waals surface area contributed by atoms with E-state index in [2.05, 4.69) is 6.92 Å². The molecule has 0 bridgehead atoms. The second-order valence-corrected chi connectivity index (χ2v) is 5.37. The van der Waals surface area contributed by atoms with Crippen LogP contribution in [0.2, 0.25) is 0 Å². The fourth-order valence-electron chi connectivity index (χ4n) is 2.40. The molecule has 0 spiro atoms. The van der Waals surface area contributed by atoms with Crippen LogP contribution in [0.25, 0.3) is 6.08 Å². The zero-order valence-electron chi connectivity index (χ0n) is 13.1. The van der Waals surface area contributed by atoms with Gasteiger partial charge in [0.25, 0.3) is 11.8 Å². The van der Waals surface area contributed by atoms with Crippen LogP contribution in [0.4, 0.5) is 4.79 Å². The number of nitrogens with zero attached hydrogens (tertiary/aromatic N) is 2. The van der Waals surface area contributed by atoms with Crippen LogP contribution < -0.4 is 0 Å². The number of carbonyl (C=O) groups is 3. The Morgan fingerprint density at radius 3 is 2.18 bits per heavy atom. The number of rotatable bonds is 4. The van der Waals surface area contributed by atoms with Gasteiger partial charge in [0.05, 0.1) is 0 Å². The van der Waals surface area contributed by atoms with Crippen molar-refractivity contribution in [3.63, 3.8) is 0 Å². The van der Waals surface area contributed by atoms with Crippen molar-refractivity contribution in [1.82, 2.24) is 9.80 Å². The average molecular weight is 300 g/mol. The number of barbiturate groups is 1. The highest BCUT2D eigenvalue weighted by molar-refractivity contribution is 6.30. The molecule has 2 rings (SSSR count). The van der Waals surface area contributed by atoms with Crippen molar-refractivity contribution in [1.29, 1.82) is 0 Å². The summed E-state index contributed by atoms with van der Waals surface area (Å²) < 4.78 is 0. The van der Waals surface area contributed by atoms with Gasteiger partial charge in [-0.2, -0.15) is 0 Å². The summed E-state index contributed by atoms with van der Waals surface area (Å²) in [6.45, 7) is 2.12. The molecule has 0 saturated carbocycles. The monoisotopic (exact) mass is 300 g/mol. The molecule has 0 aliphatic carbocycles. The number of imide groups is 2. The first kappa shape index (κ1) is 15.9. The van der Waals surface area contributed by atoms with Crippen molar-refractivity contribution in [3.8, 4) is 0 Å². The van der Waals surface area contributed by atoms with Gasteiger partial charge in [-0.3, -0.25) is 19.4 Å². The van der Waals surface area contributed by atoms with Crippen LogP contribution >= 0.6 is 0 Å². The number of benzene rings is 1. The number of hydrogen-bond donors (Lipinski definition) is 0. The smallest absolute Gasteiger partial charge is 0.268 e. The van der Waals surface area contributed by atoms with Crippen molar-refractivity contribution in [2.75, 3.05) is 14.1 Å². The molecule has 22 heavy (non-hydrogen) atoms. The quantitative estimate of drug-likeness (QED) is 0.634. The van der Waals surface area contributed by atoms with Gasteiger partial charge in [0, 0.05) is 14.1 Å². The number of hydrogen-bond acceptors (Lipinski definition) is 3. The number of unbranched alkanes of at least 4 members (excludes halogenated alkanes) is 1. The van der Waals surface area contributed by atoms with Crippen molar-refractivity contribution < 1.29 is 14.4 Å². The minimum atomic E-state index is -0.605. The normalized spacial score (nSPS) is 15.6. The number of amides is 4. The SMILES string of the molecule is CCCCc1ccccc1C=C1C(=O)N(C)C(=O)N(C)C1=O. The minimum absolute atomic E-state index is 0.0218. The zero-order chi connectivity index (χ0) is 16.3. The first-order valence-electron chi connectivity index (χ1n) is 7.37. The van der Waals surface area contributed by atoms with E-state index in [9.17, 15) is 14.4 Å². The third kappa shape index (κ3) is 2.93. The zero-order valence-corrected chi connectivity index (χ0v) is 13.1. The van der Waals surface area contributed by atoms with Gasteiger partial charge in [-0.25, -0.2) is 4.79 Å². The standard InChI is InChI=1S/C17H20N2O3/c1-4-5-8-12-9-6-7-10-13(12)11-14-15(20)18(2)17(22)19(3)16(14)21/h6-7,9-11H,4-5,8H2,1-3H3. The van der Waals surface area contributed by atoms with E-state index < -0.39 is 17.8 Å². The summed E-state index contributed by atoms with van der Waals surface area (Å²) >= 11 is 0. The summed E-state index contributed by atoms with van der Waals surface area (Å²) in [7, 11) is 2.76. The molecule has 4 amide bonds. The number of carbonyl (C=O) groups excluding carboxylic acids is 3. The van der Waals surface area contributed by atoms with Crippen molar-refractivity contribution in [2.45, 2.75) is 26.2 Å². The van der Waals surface area contributed by atoms with Gasteiger partial charge in [0.1, 0.15) is 5.57 Å². The van der Waals surface area contributed by atoms with E-state index in [1.165, 1.54) is 14.1 Å². The van der Waals surface area contributed by atoms with E-state index >= 15 is 0 Å². The van der Waals surface area contributed by atoms with Crippen molar-refractivity contribution in [2.24, 2.45) is 0 Å². The van der Waals surface area contributed by atoms with E-state index in [0.717, 1.165) is 40.2 Å². The van der Waals surface area contributed by atoms with Gasteiger partial charge in [-0.15, -0.1) is 0 Å². The summed E-state index contributed by atoms with van der Waals surface area (Å²) in [6.07, 6.45) is 4.60. The topological polar surface area (TPSA) is 57.7 Å². The molecule has 1 heterocycles. The van der Waals surface area contributed by atoms with Crippen LogP contribution in [0.15, 0.2) is 29.8 Å². The third-order valence-corrected chi connectivity index (χ3v) is 3.80. The largest absolute Gasteiger partial charge is 0.333 e. The first-order chi connectivity index (χ1) is 10.5. The lowest BCUT2D eigenvalue weighted by atomic mass is 9.99. The fourth-order valence-corrected chi connectivity index (χ4v) is 2.40. The maximum absolute atomic E-state index is 12.2. The van der Waals surface area contributed by atoms with E-state index in [1.54, 1.807) is 6.08 Å². The number of aryl methyl sites for hydroxylation is 1. The Bertz CT molecular complexity index is 623. The summed E-state index contributed by atoms with van der Waals surface area (Å²) in [5.74, 6) is -1.11. The summed E-state index contributed by atoms with van der Waals surface area (Å²) in [6, 6.07) is 7.09. The van der Waals surface area contributed by atoms with E-state index in [0.29, 0.717) is 0 Å². The maximum Gasteiger partial charge on any atom is 0.333 e. The Labute approximate surface area is 130 Å². The predicted octanol–water partition coefficient (Wildman–Crippen LogP) is 2.46. The molecule has 5 heteroatoms. The average Bonchev–Trinajstić information content (AvgIpc) is 2.54. The molecule has 1 aromatic rings. The van der Waals surface area contributed by atoms with E-state index in [4.69, 9.17) is 0 Å². The molecule has 0 unspecified atom stereocenters. The lowest BCUT2D eigenvalue weighted by Gasteiger charge is -2.29. The molecule has 1 aromatic carbocycles. The summed E-state index contributed by atoms with van der Waals surface area (Å²) in [4.78, 5) is 38.1. The van der Waals surface area contributed by atoms with Crippen LogP contribution in [0.3, 0.4) is 0 Å². The summed E-state index contributed by atoms with van der Waals surface area (Å²) in [5, 5.41) is 0. The molecule has 0 aromatic heterocycles. The molecule has 0 atom stereocenters. The Balaban J connectivity index is 2.41. The molecule has 5 nitrogen and oxygen atoms in total. The molecule has 1 aliphatic rings. The summed E-state index contributed by atoms with van der Waals surface area (Å²) in [5.41, 5.74) is 1.97. The molecular weight excluding hydrogens is 280 g/mol. The first-order valence-corrected chi connectivity index (χ1v) is 7.37. The Morgan fingerprint density at radius 2 is 1.59 bits per heavy atom. The minimum Gasteiger partial charge on any atom is -0.268 e. The lowest BCUT2D eigenvalue weighted by Crippen LogP contribution is -2.52. The molecular formula is C17H20N2O3. The molecule has 1 saturated heterocycles. The number of likely N-dealkylation sites (N-methyl/N-ethyl adjacent to an activating group) is 2. The second-order valence-electron chi connectivity index (χ2n) is 5.37. The predicted molar refractivity (Wildman–Crippen MR) is 84.0 cm³/mol. The molecule has 0 N–H and O–H groups in total. The third-order valence-electron chi connectivity index (χ3n) is 3.80. The van der Waals surface area contributed by atoms with Gasteiger partial charge in [0.15, 0.2) is 0 Å². The van der Waals surface area contributed by atoms with Crippen LogP contribution in [0.1, 0.15) is 30.9 Å².